The van der Waals surface area contributed by atoms with Crippen molar-refractivity contribution < 1.29 is 23.7 Å². The number of benzene rings is 3. The molecule has 1 aromatic heterocycles. The summed E-state index contributed by atoms with van der Waals surface area (Å²) in [6, 6.07) is 20.9. The van der Waals surface area contributed by atoms with E-state index in [4.69, 9.17) is 24.0 Å². The zero-order valence-electron chi connectivity index (χ0n) is 20.4. The van der Waals surface area contributed by atoms with Crippen LogP contribution in [0.5, 0.6) is 23.0 Å². The number of methoxy groups -OCH3 is 2. The van der Waals surface area contributed by atoms with Crippen LogP contribution in [0.25, 0.3) is 16.9 Å². The lowest BCUT2D eigenvalue weighted by Crippen LogP contribution is -2.26. The van der Waals surface area contributed by atoms with Gasteiger partial charge in [0.05, 0.1) is 25.5 Å². The summed E-state index contributed by atoms with van der Waals surface area (Å²) in [7, 11) is 4.95. The van der Waals surface area contributed by atoms with Crippen LogP contribution in [0.3, 0.4) is 0 Å². The van der Waals surface area contributed by atoms with E-state index < -0.39 is 0 Å². The summed E-state index contributed by atoms with van der Waals surface area (Å²) in [4.78, 5) is 15.4. The Morgan fingerprint density at radius 3 is 2.50 bits per heavy atom. The molecule has 1 aliphatic rings. The Labute approximate surface area is 209 Å². The van der Waals surface area contributed by atoms with E-state index >= 15 is 0 Å². The summed E-state index contributed by atoms with van der Waals surface area (Å²) >= 11 is 0. The fourth-order valence-corrected chi connectivity index (χ4v) is 4.17. The Morgan fingerprint density at radius 1 is 0.972 bits per heavy atom. The van der Waals surface area contributed by atoms with Crippen molar-refractivity contribution in [2.75, 3.05) is 34.5 Å². The Bertz CT molecular complexity index is 1380. The maximum atomic E-state index is 13.8. The maximum Gasteiger partial charge on any atom is 0.257 e. The lowest BCUT2D eigenvalue weighted by atomic mass is 10.1. The summed E-state index contributed by atoms with van der Waals surface area (Å²) in [5, 5.41) is 4.79. The van der Waals surface area contributed by atoms with Crippen LogP contribution in [0.1, 0.15) is 15.9 Å². The van der Waals surface area contributed by atoms with Gasteiger partial charge in [0.1, 0.15) is 30.4 Å². The molecule has 0 aliphatic carbocycles. The lowest BCUT2D eigenvalue weighted by molar-refractivity contribution is 0.0785. The average Bonchev–Trinajstić information content (AvgIpc) is 3.38. The quantitative estimate of drug-likeness (QED) is 0.381. The number of rotatable bonds is 7. The molecule has 0 N–H and O–H groups in total. The van der Waals surface area contributed by atoms with Gasteiger partial charge < -0.3 is 23.8 Å². The molecule has 1 amide bonds. The van der Waals surface area contributed by atoms with Gasteiger partial charge in [-0.15, -0.1) is 0 Å². The second-order valence-electron chi connectivity index (χ2n) is 8.38. The molecule has 1 aliphatic heterocycles. The van der Waals surface area contributed by atoms with Crippen molar-refractivity contribution in [3.05, 3.63) is 84.1 Å². The molecule has 184 valence electrons. The molecule has 2 heterocycles. The fourth-order valence-electron chi connectivity index (χ4n) is 4.17. The van der Waals surface area contributed by atoms with Crippen LogP contribution in [0, 0.1) is 0 Å². The highest BCUT2D eigenvalue weighted by Gasteiger charge is 2.24. The third-order valence-electron chi connectivity index (χ3n) is 6.00. The number of fused-ring (bicyclic) bond motifs is 1. The number of nitrogens with zero attached hydrogens (tertiary/aromatic N) is 3. The number of hydrogen-bond acceptors (Lipinski definition) is 6. The molecule has 0 fully saturated rings. The summed E-state index contributed by atoms with van der Waals surface area (Å²) in [6.07, 6.45) is 1.76. The van der Waals surface area contributed by atoms with Crippen molar-refractivity contribution in [2.45, 2.75) is 6.54 Å². The highest BCUT2D eigenvalue weighted by Crippen LogP contribution is 2.36. The van der Waals surface area contributed by atoms with Crippen LogP contribution >= 0.6 is 0 Å². The summed E-state index contributed by atoms with van der Waals surface area (Å²) < 4.78 is 24.0. The molecule has 36 heavy (non-hydrogen) atoms. The molecule has 3 aromatic carbocycles. The highest BCUT2D eigenvalue weighted by molar-refractivity contribution is 6.00. The largest absolute Gasteiger partial charge is 0.497 e. The van der Waals surface area contributed by atoms with Crippen LogP contribution in [0.15, 0.2) is 72.9 Å². The predicted molar refractivity (Wildman–Crippen MR) is 135 cm³/mol. The number of hydrogen-bond donors (Lipinski definition) is 0. The normalized spacial score (nSPS) is 12.2. The smallest absolute Gasteiger partial charge is 0.257 e. The van der Waals surface area contributed by atoms with Gasteiger partial charge in [-0.25, -0.2) is 4.68 Å². The summed E-state index contributed by atoms with van der Waals surface area (Å²) in [6.45, 7) is 1.44. The Morgan fingerprint density at radius 2 is 1.75 bits per heavy atom. The van der Waals surface area contributed by atoms with E-state index in [9.17, 15) is 4.79 Å². The molecule has 8 nitrogen and oxygen atoms in total. The fraction of sp³-hybridized carbons (Fsp3) is 0.214. The predicted octanol–water partition coefficient (Wildman–Crippen LogP) is 4.60. The van der Waals surface area contributed by atoms with Gasteiger partial charge in [0.2, 0.25) is 0 Å². The number of carbonyl (C=O) groups excluding carboxylic acids is 1. The molecule has 0 spiro atoms. The second kappa shape index (κ2) is 10.0. The topological polar surface area (TPSA) is 75.1 Å². The number of amides is 1. The van der Waals surface area contributed by atoms with Crippen LogP contribution in [0.2, 0.25) is 0 Å². The minimum Gasteiger partial charge on any atom is -0.497 e. The van der Waals surface area contributed by atoms with Gasteiger partial charge >= 0.3 is 0 Å². The van der Waals surface area contributed by atoms with E-state index in [1.807, 2.05) is 60.7 Å². The van der Waals surface area contributed by atoms with Crippen molar-refractivity contribution in [1.29, 1.82) is 0 Å². The second-order valence-corrected chi connectivity index (χ2v) is 8.38. The molecular formula is C28H27N3O5. The van der Waals surface area contributed by atoms with Gasteiger partial charge in [-0.05, 0) is 42.0 Å². The first-order valence-corrected chi connectivity index (χ1v) is 11.6. The van der Waals surface area contributed by atoms with Gasteiger partial charge in [0, 0.05) is 31.4 Å². The third-order valence-corrected chi connectivity index (χ3v) is 6.00. The summed E-state index contributed by atoms with van der Waals surface area (Å²) in [5.41, 5.74) is 3.47. The van der Waals surface area contributed by atoms with E-state index in [1.54, 1.807) is 43.1 Å². The minimum atomic E-state index is -0.167. The van der Waals surface area contributed by atoms with E-state index in [0.29, 0.717) is 53.8 Å². The summed E-state index contributed by atoms with van der Waals surface area (Å²) in [5.74, 6) is 2.47. The first-order chi connectivity index (χ1) is 17.6. The monoisotopic (exact) mass is 485 g/mol. The van der Waals surface area contributed by atoms with Crippen LogP contribution < -0.4 is 18.9 Å². The SMILES string of the molecule is COc1ccc(-c2nn(-c3ccccc3)cc2C(=O)N(C)Cc2ccc3c(c2)OCCO3)c(OC)c1. The Kier molecular flexibility index (Phi) is 6.49. The molecule has 0 radical (unpaired) electrons. The highest BCUT2D eigenvalue weighted by atomic mass is 16.6. The molecule has 8 heteroatoms. The first kappa shape index (κ1) is 23.3. The van der Waals surface area contributed by atoms with Crippen molar-refractivity contribution >= 4 is 5.91 Å². The molecule has 0 bridgehead atoms. The zero-order chi connectivity index (χ0) is 25.1. The minimum absolute atomic E-state index is 0.167. The molecule has 0 saturated heterocycles. The number of ether oxygens (including phenoxy) is 4. The van der Waals surface area contributed by atoms with Gasteiger partial charge in [-0.2, -0.15) is 5.10 Å². The Balaban J connectivity index is 1.51. The average molecular weight is 486 g/mol. The zero-order valence-corrected chi connectivity index (χ0v) is 20.4. The molecule has 0 saturated carbocycles. The molecular weight excluding hydrogens is 458 g/mol. The van der Waals surface area contributed by atoms with Crippen molar-refractivity contribution in [3.63, 3.8) is 0 Å². The van der Waals surface area contributed by atoms with Crippen molar-refractivity contribution in [1.82, 2.24) is 14.7 Å². The van der Waals surface area contributed by atoms with Crippen molar-refractivity contribution in [3.8, 4) is 39.9 Å². The standard InChI is InChI=1S/C28H27N3O5/c1-30(17-19-9-12-24-26(15-19)36-14-13-35-24)28(32)23-18-31(20-7-5-4-6-8-20)29-27(23)22-11-10-21(33-2)16-25(22)34-3/h4-12,15-16,18H,13-14,17H2,1-3H3. The van der Waals surface area contributed by atoms with Crippen LogP contribution in [0.4, 0.5) is 0 Å². The van der Waals surface area contributed by atoms with E-state index in [-0.39, 0.29) is 5.91 Å². The number of para-hydroxylation sites is 1. The lowest BCUT2D eigenvalue weighted by Gasteiger charge is -2.21. The molecule has 0 unspecified atom stereocenters. The van der Waals surface area contributed by atoms with Crippen LogP contribution in [-0.2, 0) is 6.54 Å². The Hall–Kier alpha value is -4.46. The van der Waals surface area contributed by atoms with Gasteiger partial charge in [0.15, 0.2) is 11.5 Å². The van der Waals surface area contributed by atoms with E-state index in [0.717, 1.165) is 17.0 Å². The molecule has 4 aromatic rings. The maximum absolute atomic E-state index is 13.8. The molecule has 5 rings (SSSR count). The van der Waals surface area contributed by atoms with Gasteiger partial charge in [-0.1, -0.05) is 24.3 Å². The molecule has 0 atom stereocenters. The van der Waals surface area contributed by atoms with Gasteiger partial charge in [-0.3, -0.25) is 4.79 Å². The van der Waals surface area contributed by atoms with Gasteiger partial charge in [0.25, 0.3) is 5.91 Å². The van der Waals surface area contributed by atoms with Crippen LogP contribution in [-0.4, -0.2) is 55.1 Å². The van der Waals surface area contributed by atoms with E-state index in [2.05, 4.69) is 0 Å². The third kappa shape index (κ3) is 4.57. The first-order valence-electron chi connectivity index (χ1n) is 11.6. The van der Waals surface area contributed by atoms with E-state index in [1.165, 1.54) is 0 Å². The number of aromatic nitrogens is 2. The van der Waals surface area contributed by atoms with Crippen molar-refractivity contribution in [2.24, 2.45) is 0 Å². The number of carbonyl (C=O) groups is 1.